The van der Waals surface area contributed by atoms with Crippen molar-refractivity contribution in [3.05, 3.63) is 63.1 Å². The van der Waals surface area contributed by atoms with Gasteiger partial charge in [0.2, 0.25) is 5.82 Å². The van der Waals surface area contributed by atoms with E-state index in [1.165, 1.54) is 6.07 Å². The molecule has 112 valence electrons. The minimum Gasteiger partial charge on any atom is -0.376 e. The van der Waals surface area contributed by atoms with Gasteiger partial charge in [0.05, 0.1) is 0 Å². The van der Waals surface area contributed by atoms with Crippen molar-refractivity contribution in [2.45, 2.75) is 6.54 Å². The summed E-state index contributed by atoms with van der Waals surface area (Å²) in [6, 6.07) is 3.51. The summed E-state index contributed by atoms with van der Waals surface area (Å²) in [4.78, 5) is 0. The van der Waals surface area contributed by atoms with Gasteiger partial charge in [-0.1, -0.05) is 22.0 Å². The van der Waals surface area contributed by atoms with Crippen LogP contribution in [-0.4, -0.2) is 0 Å². The second-order valence-corrected chi connectivity index (χ2v) is 4.89. The van der Waals surface area contributed by atoms with Gasteiger partial charge in [-0.05, 0) is 17.7 Å². The summed E-state index contributed by atoms with van der Waals surface area (Å²) >= 11 is 3.02. The van der Waals surface area contributed by atoms with Crippen LogP contribution in [0, 0.1) is 34.9 Å². The van der Waals surface area contributed by atoms with E-state index < -0.39 is 40.6 Å². The van der Waals surface area contributed by atoms with E-state index in [0.717, 1.165) is 12.1 Å². The average molecular weight is 370 g/mol. The molecule has 0 atom stereocenters. The summed E-state index contributed by atoms with van der Waals surface area (Å²) in [5.41, 5.74) is -0.761. The first-order valence-corrected chi connectivity index (χ1v) is 6.31. The Morgan fingerprint density at radius 1 is 0.810 bits per heavy atom. The molecular formula is C13H6BrF6N. The molecular weight excluding hydrogens is 364 g/mol. The topological polar surface area (TPSA) is 12.0 Å². The second kappa shape index (κ2) is 5.97. The number of benzene rings is 2. The Labute approximate surface area is 123 Å². The number of nitrogens with one attached hydrogen (secondary N) is 1. The maximum atomic E-state index is 13.4. The number of rotatable bonds is 3. The highest BCUT2D eigenvalue weighted by Gasteiger charge is 2.25. The van der Waals surface area contributed by atoms with Crippen LogP contribution in [0.4, 0.5) is 32.0 Å². The summed E-state index contributed by atoms with van der Waals surface area (Å²) < 4.78 is 78.9. The fraction of sp³-hybridized carbons (Fsp3) is 0.0769. The first-order valence-electron chi connectivity index (χ1n) is 5.52. The van der Waals surface area contributed by atoms with Crippen molar-refractivity contribution in [2.24, 2.45) is 0 Å². The first-order chi connectivity index (χ1) is 9.82. The van der Waals surface area contributed by atoms with E-state index in [0.29, 0.717) is 10.0 Å². The SMILES string of the molecule is Fc1ccc(CNc2c(F)c(F)c(F)c(F)c2F)c(Br)c1. The van der Waals surface area contributed by atoms with Crippen LogP contribution in [-0.2, 0) is 6.54 Å². The highest BCUT2D eigenvalue weighted by Crippen LogP contribution is 2.28. The Hall–Kier alpha value is -1.70. The van der Waals surface area contributed by atoms with Gasteiger partial charge in [0.15, 0.2) is 23.3 Å². The molecule has 2 aromatic carbocycles. The summed E-state index contributed by atoms with van der Waals surface area (Å²) in [6.45, 7) is -0.265. The normalized spacial score (nSPS) is 10.8. The predicted octanol–water partition coefficient (Wildman–Crippen LogP) is 4.90. The smallest absolute Gasteiger partial charge is 0.200 e. The summed E-state index contributed by atoms with van der Waals surface area (Å²) in [7, 11) is 0. The van der Waals surface area contributed by atoms with Crippen LogP contribution in [0.5, 0.6) is 0 Å². The van der Waals surface area contributed by atoms with E-state index in [4.69, 9.17) is 0 Å². The fourth-order valence-electron chi connectivity index (χ4n) is 1.61. The average Bonchev–Trinajstić information content (AvgIpc) is 2.45. The lowest BCUT2D eigenvalue weighted by Gasteiger charge is -2.11. The standard InChI is InChI=1S/C13H6BrF6N/c14-7-3-6(15)2-1-5(7)4-21-13-11(19)9(17)8(16)10(18)12(13)20/h1-3,21H,4H2. The molecule has 0 saturated carbocycles. The first kappa shape index (κ1) is 15.7. The lowest BCUT2D eigenvalue weighted by molar-refractivity contribution is 0.381. The molecule has 0 saturated heterocycles. The van der Waals surface area contributed by atoms with Gasteiger partial charge < -0.3 is 5.32 Å². The van der Waals surface area contributed by atoms with Gasteiger partial charge in [0.1, 0.15) is 11.5 Å². The molecule has 0 aliphatic carbocycles. The monoisotopic (exact) mass is 369 g/mol. The van der Waals surface area contributed by atoms with Crippen molar-refractivity contribution in [3.63, 3.8) is 0 Å². The van der Waals surface area contributed by atoms with Crippen LogP contribution in [0.15, 0.2) is 22.7 Å². The molecule has 0 radical (unpaired) electrons. The molecule has 0 aliphatic rings. The molecule has 2 rings (SSSR count). The van der Waals surface area contributed by atoms with Crippen LogP contribution in [0.1, 0.15) is 5.56 Å². The van der Waals surface area contributed by atoms with E-state index in [-0.39, 0.29) is 6.54 Å². The van der Waals surface area contributed by atoms with Crippen molar-refractivity contribution >= 4 is 21.6 Å². The zero-order chi connectivity index (χ0) is 15.7. The van der Waals surface area contributed by atoms with Crippen LogP contribution in [0.2, 0.25) is 0 Å². The molecule has 0 amide bonds. The molecule has 0 aromatic heterocycles. The van der Waals surface area contributed by atoms with Crippen molar-refractivity contribution in [3.8, 4) is 0 Å². The number of hydrogen-bond acceptors (Lipinski definition) is 1. The highest BCUT2D eigenvalue weighted by atomic mass is 79.9. The van der Waals surface area contributed by atoms with Gasteiger partial charge in [-0.3, -0.25) is 0 Å². The molecule has 21 heavy (non-hydrogen) atoms. The van der Waals surface area contributed by atoms with Crippen LogP contribution in [0.3, 0.4) is 0 Å². The van der Waals surface area contributed by atoms with Crippen LogP contribution >= 0.6 is 15.9 Å². The second-order valence-electron chi connectivity index (χ2n) is 4.03. The third-order valence-corrected chi connectivity index (χ3v) is 3.42. The Kier molecular flexibility index (Phi) is 4.46. The van der Waals surface area contributed by atoms with Crippen molar-refractivity contribution in [1.29, 1.82) is 0 Å². The van der Waals surface area contributed by atoms with E-state index in [9.17, 15) is 26.3 Å². The number of halogens is 7. The fourth-order valence-corrected chi connectivity index (χ4v) is 2.10. The minimum absolute atomic E-state index is 0.265. The van der Waals surface area contributed by atoms with Crippen molar-refractivity contribution in [1.82, 2.24) is 0 Å². The van der Waals surface area contributed by atoms with Gasteiger partial charge in [0.25, 0.3) is 0 Å². The van der Waals surface area contributed by atoms with Gasteiger partial charge in [-0.15, -0.1) is 0 Å². The van der Waals surface area contributed by atoms with E-state index in [1.54, 1.807) is 0 Å². The van der Waals surface area contributed by atoms with Gasteiger partial charge in [-0.2, -0.15) is 0 Å². The van der Waals surface area contributed by atoms with E-state index >= 15 is 0 Å². The van der Waals surface area contributed by atoms with Crippen LogP contribution in [0.25, 0.3) is 0 Å². The zero-order valence-electron chi connectivity index (χ0n) is 10.1. The van der Waals surface area contributed by atoms with E-state index in [2.05, 4.69) is 21.2 Å². The minimum atomic E-state index is -2.22. The molecule has 0 spiro atoms. The molecule has 0 bridgehead atoms. The summed E-state index contributed by atoms with van der Waals surface area (Å²) in [6.07, 6.45) is 0. The molecule has 1 N–H and O–H groups in total. The Balaban J connectivity index is 2.32. The lowest BCUT2D eigenvalue weighted by Crippen LogP contribution is -2.10. The van der Waals surface area contributed by atoms with E-state index in [1.807, 2.05) is 0 Å². The molecule has 8 heteroatoms. The summed E-state index contributed by atoms with van der Waals surface area (Å²) in [5, 5.41) is 2.12. The van der Waals surface area contributed by atoms with Crippen LogP contribution < -0.4 is 5.32 Å². The van der Waals surface area contributed by atoms with Gasteiger partial charge in [0, 0.05) is 11.0 Å². The molecule has 1 nitrogen and oxygen atoms in total. The Morgan fingerprint density at radius 3 is 1.86 bits per heavy atom. The largest absolute Gasteiger partial charge is 0.376 e. The summed E-state index contributed by atoms with van der Waals surface area (Å²) in [5.74, 6) is -10.7. The zero-order valence-corrected chi connectivity index (χ0v) is 11.7. The predicted molar refractivity (Wildman–Crippen MR) is 67.7 cm³/mol. The highest BCUT2D eigenvalue weighted by molar-refractivity contribution is 9.10. The maximum Gasteiger partial charge on any atom is 0.200 e. The Bertz CT molecular complexity index is 675. The maximum absolute atomic E-state index is 13.4. The third-order valence-electron chi connectivity index (χ3n) is 2.68. The number of anilines is 1. The Morgan fingerprint density at radius 2 is 1.33 bits per heavy atom. The molecule has 0 unspecified atom stereocenters. The lowest BCUT2D eigenvalue weighted by atomic mass is 10.2. The molecule has 0 aliphatic heterocycles. The van der Waals surface area contributed by atoms with Crippen molar-refractivity contribution < 1.29 is 26.3 Å². The third kappa shape index (κ3) is 2.99. The molecule has 2 aromatic rings. The molecule has 0 fully saturated rings. The van der Waals surface area contributed by atoms with Gasteiger partial charge >= 0.3 is 0 Å². The van der Waals surface area contributed by atoms with Crippen molar-refractivity contribution in [2.75, 3.05) is 5.32 Å². The number of hydrogen-bond donors (Lipinski definition) is 1. The quantitative estimate of drug-likeness (QED) is 0.461. The van der Waals surface area contributed by atoms with Gasteiger partial charge in [-0.25, -0.2) is 26.3 Å². The molecule has 0 heterocycles.